The fraction of sp³-hybridized carbons (Fsp3) is 0.500. The van der Waals surface area contributed by atoms with E-state index in [-0.39, 0.29) is 17.6 Å². The molecule has 1 saturated heterocycles. The minimum atomic E-state index is -0.374. The molecule has 2 aromatic rings. The summed E-state index contributed by atoms with van der Waals surface area (Å²) < 4.78 is 15.6. The monoisotopic (exact) mass is 358 g/mol. The third-order valence-corrected chi connectivity index (χ3v) is 4.90. The molecule has 6 heteroatoms. The molecule has 0 unspecified atom stereocenters. The first-order valence-corrected chi connectivity index (χ1v) is 9.25. The molecule has 5 nitrogen and oxygen atoms in total. The first-order chi connectivity index (χ1) is 12.5. The number of hydrogen-bond donors (Lipinski definition) is 0. The molecule has 140 valence electrons. The number of likely N-dealkylation sites (tertiary alicyclic amines) is 1. The summed E-state index contributed by atoms with van der Waals surface area (Å²) in [4.78, 5) is 21.3. The number of aromatic nitrogens is 2. The van der Waals surface area contributed by atoms with Gasteiger partial charge < -0.3 is 14.4 Å². The first kappa shape index (κ1) is 18.6. The molecule has 1 amide bonds. The number of carbonyl (C=O) groups excluding carboxylic acids is 1. The molecule has 0 N–H and O–H groups in total. The molecule has 3 rings (SSSR count). The highest BCUT2D eigenvalue weighted by atomic mass is 19.1. The smallest absolute Gasteiger partial charge is 0.253 e. The molecule has 1 aliphatic heterocycles. The van der Waals surface area contributed by atoms with Gasteiger partial charge >= 0.3 is 0 Å². The van der Waals surface area contributed by atoms with Crippen molar-refractivity contribution in [1.29, 1.82) is 0 Å². The van der Waals surface area contributed by atoms with Gasteiger partial charge in [-0.2, -0.15) is 0 Å². The fourth-order valence-electron chi connectivity index (χ4n) is 3.60. The Morgan fingerprint density at radius 1 is 1.38 bits per heavy atom. The Kier molecular flexibility index (Phi) is 6.04. The number of piperidine rings is 1. The number of benzene rings is 1. The molecule has 0 radical (unpaired) electrons. The average Bonchev–Trinajstić information content (AvgIpc) is 3.09. The first-order valence-electron chi connectivity index (χ1n) is 9.25. The number of halogens is 1. The van der Waals surface area contributed by atoms with E-state index in [1.807, 2.05) is 17.3 Å². The van der Waals surface area contributed by atoms with Crippen molar-refractivity contribution < 1.29 is 9.18 Å². The molecule has 0 bridgehead atoms. The second-order valence-electron chi connectivity index (χ2n) is 7.24. The van der Waals surface area contributed by atoms with Crippen LogP contribution in [0.3, 0.4) is 0 Å². The average molecular weight is 358 g/mol. The van der Waals surface area contributed by atoms with Gasteiger partial charge in [-0.05, 0) is 58.1 Å². The van der Waals surface area contributed by atoms with Crippen molar-refractivity contribution in [3.8, 4) is 0 Å². The summed E-state index contributed by atoms with van der Waals surface area (Å²) >= 11 is 0. The molecule has 0 saturated carbocycles. The van der Waals surface area contributed by atoms with E-state index < -0.39 is 0 Å². The maximum Gasteiger partial charge on any atom is 0.253 e. The highest BCUT2D eigenvalue weighted by Gasteiger charge is 2.28. The van der Waals surface area contributed by atoms with E-state index >= 15 is 0 Å². The molecule has 26 heavy (non-hydrogen) atoms. The summed E-state index contributed by atoms with van der Waals surface area (Å²) in [6.45, 7) is 3.32. The van der Waals surface area contributed by atoms with Crippen molar-refractivity contribution in [3.05, 3.63) is 53.9 Å². The number of aryl methyl sites for hydroxylation is 1. The minimum absolute atomic E-state index is 0.0973. The van der Waals surface area contributed by atoms with Crippen LogP contribution in [-0.2, 0) is 6.54 Å². The lowest BCUT2D eigenvalue weighted by Gasteiger charge is -2.33. The lowest BCUT2D eigenvalue weighted by Crippen LogP contribution is -2.39. The van der Waals surface area contributed by atoms with Crippen molar-refractivity contribution in [3.63, 3.8) is 0 Å². The van der Waals surface area contributed by atoms with Gasteiger partial charge in [-0.25, -0.2) is 9.37 Å². The summed E-state index contributed by atoms with van der Waals surface area (Å²) in [5.74, 6) is 0.817. The van der Waals surface area contributed by atoms with Gasteiger partial charge in [-0.3, -0.25) is 4.79 Å². The van der Waals surface area contributed by atoms with Gasteiger partial charge in [-0.15, -0.1) is 0 Å². The van der Waals surface area contributed by atoms with Gasteiger partial charge in [0.1, 0.15) is 11.6 Å². The van der Waals surface area contributed by atoms with E-state index in [1.165, 1.54) is 12.1 Å². The van der Waals surface area contributed by atoms with Crippen LogP contribution in [0, 0.1) is 5.82 Å². The molecular formula is C20H27FN4O. The number of carbonyl (C=O) groups is 1. The lowest BCUT2D eigenvalue weighted by molar-refractivity contribution is 0.0702. The second kappa shape index (κ2) is 8.45. The van der Waals surface area contributed by atoms with Crippen molar-refractivity contribution in [2.24, 2.45) is 0 Å². The number of hydrogen-bond acceptors (Lipinski definition) is 3. The van der Waals surface area contributed by atoms with Crippen LogP contribution < -0.4 is 0 Å². The third kappa shape index (κ3) is 4.49. The zero-order valence-electron chi connectivity index (χ0n) is 15.6. The Morgan fingerprint density at radius 2 is 2.23 bits per heavy atom. The maximum absolute atomic E-state index is 13.4. The Hall–Kier alpha value is -2.21. The van der Waals surface area contributed by atoms with E-state index in [1.54, 1.807) is 12.1 Å². The highest BCUT2D eigenvalue weighted by molar-refractivity contribution is 5.94. The zero-order chi connectivity index (χ0) is 18.5. The standard InChI is InChI=1S/C20H27FN4O/c1-23(2)10-5-12-24-13-9-22-19(24)17-7-4-11-25(15-17)20(26)16-6-3-8-18(21)14-16/h3,6,8-9,13-14,17H,4-5,7,10-12,15H2,1-2H3/t17-/m0/s1. The topological polar surface area (TPSA) is 41.4 Å². The van der Waals surface area contributed by atoms with Gasteiger partial charge in [0, 0.05) is 43.5 Å². The van der Waals surface area contributed by atoms with Crippen LogP contribution in [0.5, 0.6) is 0 Å². The normalized spacial score (nSPS) is 17.7. The quantitative estimate of drug-likeness (QED) is 0.797. The Labute approximate surface area is 154 Å². The third-order valence-electron chi connectivity index (χ3n) is 4.90. The van der Waals surface area contributed by atoms with Crippen molar-refractivity contribution in [2.45, 2.75) is 31.7 Å². The zero-order valence-corrected chi connectivity index (χ0v) is 15.6. The van der Waals surface area contributed by atoms with Gasteiger partial charge in [0.2, 0.25) is 0 Å². The van der Waals surface area contributed by atoms with Gasteiger partial charge in [0.25, 0.3) is 5.91 Å². The van der Waals surface area contributed by atoms with E-state index in [9.17, 15) is 9.18 Å². The van der Waals surface area contributed by atoms with Crippen LogP contribution in [0.25, 0.3) is 0 Å². The molecule has 1 fully saturated rings. The lowest BCUT2D eigenvalue weighted by atomic mass is 9.96. The number of imidazole rings is 1. The van der Waals surface area contributed by atoms with Gasteiger partial charge in [0.15, 0.2) is 0 Å². The molecule has 0 aliphatic carbocycles. The largest absolute Gasteiger partial charge is 0.338 e. The van der Waals surface area contributed by atoms with Crippen molar-refractivity contribution >= 4 is 5.91 Å². The number of rotatable bonds is 6. The molecule has 2 heterocycles. The fourth-order valence-corrected chi connectivity index (χ4v) is 3.60. The summed E-state index contributed by atoms with van der Waals surface area (Å²) in [6, 6.07) is 5.94. The van der Waals surface area contributed by atoms with E-state index in [0.29, 0.717) is 18.7 Å². The predicted molar refractivity (Wildman–Crippen MR) is 99.7 cm³/mol. The second-order valence-corrected chi connectivity index (χ2v) is 7.24. The Morgan fingerprint density at radius 3 is 3.00 bits per heavy atom. The predicted octanol–water partition coefficient (Wildman–Crippen LogP) is 2.99. The van der Waals surface area contributed by atoms with Crippen LogP contribution in [0.4, 0.5) is 4.39 Å². The van der Waals surface area contributed by atoms with Crippen molar-refractivity contribution in [1.82, 2.24) is 19.4 Å². The summed E-state index contributed by atoms with van der Waals surface area (Å²) in [5.41, 5.74) is 0.417. The number of nitrogens with zero attached hydrogens (tertiary/aromatic N) is 4. The molecule has 1 aliphatic rings. The van der Waals surface area contributed by atoms with Gasteiger partial charge in [0.05, 0.1) is 0 Å². The molecule has 1 atom stereocenters. The summed E-state index contributed by atoms with van der Waals surface area (Å²) in [6.07, 6.45) is 6.90. The van der Waals surface area contributed by atoms with E-state index in [0.717, 1.165) is 38.2 Å². The van der Waals surface area contributed by atoms with Crippen LogP contribution in [-0.4, -0.2) is 59.0 Å². The summed E-state index contributed by atoms with van der Waals surface area (Å²) in [5, 5.41) is 0. The van der Waals surface area contributed by atoms with Crippen LogP contribution in [0.1, 0.15) is 41.4 Å². The maximum atomic E-state index is 13.4. The van der Waals surface area contributed by atoms with E-state index in [2.05, 4.69) is 28.5 Å². The Bertz CT molecular complexity index is 743. The Balaban J connectivity index is 1.67. The molecule has 0 spiro atoms. The molecular weight excluding hydrogens is 331 g/mol. The highest BCUT2D eigenvalue weighted by Crippen LogP contribution is 2.27. The summed E-state index contributed by atoms with van der Waals surface area (Å²) in [7, 11) is 4.15. The van der Waals surface area contributed by atoms with Crippen LogP contribution in [0.15, 0.2) is 36.7 Å². The number of amides is 1. The van der Waals surface area contributed by atoms with Crippen molar-refractivity contribution in [2.75, 3.05) is 33.7 Å². The van der Waals surface area contributed by atoms with Crippen LogP contribution in [0.2, 0.25) is 0 Å². The molecule has 1 aromatic carbocycles. The van der Waals surface area contributed by atoms with Gasteiger partial charge in [-0.1, -0.05) is 6.07 Å². The minimum Gasteiger partial charge on any atom is -0.338 e. The van der Waals surface area contributed by atoms with E-state index in [4.69, 9.17) is 0 Å². The SMILES string of the molecule is CN(C)CCCn1ccnc1[C@H]1CCCN(C(=O)c2cccc(F)c2)C1. The molecule has 1 aromatic heterocycles. The van der Waals surface area contributed by atoms with Crippen LogP contribution >= 0.6 is 0 Å².